The van der Waals surface area contributed by atoms with Gasteiger partial charge in [0.25, 0.3) is 0 Å². The Kier molecular flexibility index (Phi) is 4.36. The summed E-state index contributed by atoms with van der Waals surface area (Å²) >= 11 is 0. The first-order chi connectivity index (χ1) is 9.22. The molecule has 0 saturated heterocycles. The third-order valence-electron chi connectivity index (χ3n) is 3.01. The van der Waals surface area contributed by atoms with Crippen LogP contribution in [0.1, 0.15) is 17.2 Å². The fourth-order valence-electron chi connectivity index (χ4n) is 1.88. The van der Waals surface area contributed by atoms with E-state index in [-0.39, 0.29) is 6.04 Å². The van der Waals surface area contributed by atoms with E-state index in [0.717, 1.165) is 29.0 Å². The van der Waals surface area contributed by atoms with Crippen molar-refractivity contribution >= 4 is 0 Å². The van der Waals surface area contributed by atoms with Crippen LogP contribution in [-0.4, -0.2) is 19.2 Å². The lowest BCUT2D eigenvalue weighted by Crippen LogP contribution is -2.13. The average molecular weight is 258 g/mol. The number of nitrogens with zero attached hydrogens (tertiary/aromatic N) is 1. The first-order valence-electron chi connectivity index (χ1n) is 6.10. The Labute approximate surface area is 113 Å². The molecule has 2 aromatic rings. The Balaban J connectivity index is 2.08. The standard InChI is InChI=1S/C15H18N2O2/c1-18-13-5-3-11(4-6-13)7-15(16)12-8-14(19-2)10-17-9-12/h3-6,8-10,15H,7,16H2,1-2H3. The van der Waals surface area contributed by atoms with Crippen LogP contribution in [0.3, 0.4) is 0 Å². The van der Waals surface area contributed by atoms with Gasteiger partial charge in [0.05, 0.1) is 20.4 Å². The van der Waals surface area contributed by atoms with Gasteiger partial charge in [0, 0.05) is 12.2 Å². The minimum absolute atomic E-state index is 0.101. The fraction of sp³-hybridized carbons (Fsp3) is 0.267. The molecule has 2 rings (SSSR count). The fourth-order valence-corrected chi connectivity index (χ4v) is 1.88. The van der Waals surface area contributed by atoms with Crippen molar-refractivity contribution in [2.75, 3.05) is 14.2 Å². The van der Waals surface area contributed by atoms with E-state index < -0.39 is 0 Å². The molecule has 0 aliphatic carbocycles. The van der Waals surface area contributed by atoms with Gasteiger partial charge in [-0.3, -0.25) is 4.98 Å². The quantitative estimate of drug-likeness (QED) is 0.894. The zero-order valence-corrected chi connectivity index (χ0v) is 11.2. The van der Waals surface area contributed by atoms with Crippen molar-refractivity contribution in [3.63, 3.8) is 0 Å². The Hall–Kier alpha value is -2.07. The lowest BCUT2D eigenvalue weighted by molar-refractivity contribution is 0.411. The second-order valence-electron chi connectivity index (χ2n) is 4.32. The Bertz CT molecular complexity index is 526. The Morgan fingerprint density at radius 3 is 2.37 bits per heavy atom. The molecular formula is C15H18N2O2. The van der Waals surface area contributed by atoms with Crippen LogP contribution < -0.4 is 15.2 Å². The minimum atomic E-state index is -0.101. The van der Waals surface area contributed by atoms with Gasteiger partial charge in [-0.2, -0.15) is 0 Å². The van der Waals surface area contributed by atoms with E-state index in [1.165, 1.54) is 0 Å². The SMILES string of the molecule is COc1ccc(CC(N)c2cncc(OC)c2)cc1. The molecule has 100 valence electrons. The largest absolute Gasteiger partial charge is 0.497 e. The molecule has 0 aliphatic heterocycles. The van der Waals surface area contributed by atoms with E-state index >= 15 is 0 Å². The summed E-state index contributed by atoms with van der Waals surface area (Å²) in [5, 5.41) is 0. The molecule has 2 N–H and O–H groups in total. The highest BCUT2D eigenvalue weighted by atomic mass is 16.5. The first kappa shape index (κ1) is 13.4. The number of benzene rings is 1. The molecule has 0 saturated carbocycles. The number of pyridine rings is 1. The molecule has 1 aromatic carbocycles. The second kappa shape index (κ2) is 6.20. The molecule has 0 aliphatic rings. The maximum Gasteiger partial charge on any atom is 0.137 e. The minimum Gasteiger partial charge on any atom is -0.497 e. The van der Waals surface area contributed by atoms with Crippen molar-refractivity contribution in [1.82, 2.24) is 4.98 Å². The van der Waals surface area contributed by atoms with Crippen LogP contribution in [0.2, 0.25) is 0 Å². The summed E-state index contributed by atoms with van der Waals surface area (Å²) < 4.78 is 10.3. The highest BCUT2D eigenvalue weighted by Gasteiger charge is 2.09. The van der Waals surface area contributed by atoms with E-state index in [2.05, 4.69) is 4.98 Å². The zero-order chi connectivity index (χ0) is 13.7. The molecule has 19 heavy (non-hydrogen) atoms. The summed E-state index contributed by atoms with van der Waals surface area (Å²) in [6.45, 7) is 0. The molecule has 1 unspecified atom stereocenters. The topological polar surface area (TPSA) is 57.4 Å². The van der Waals surface area contributed by atoms with Gasteiger partial charge in [0.1, 0.15) is 11.5 Å². The number of ether oxygens (including phenoxy) is 2. The molecule has 1 atom stereocenters. The molecule has 4 heteroatoms. The van der Waals surface area contributed by atoms with E-state index in [1.54, 1.807) is 26.6 Å². The lowest BCUT2D eigenvalue weighted by atomic mass is 10.0. The van der Waals surface area contributed by atoms with Crippen LogP contribution in [0.4, 0.5) is 0 Å². The van der Waals surface area contributed by atoms with Gasteiger partial charge < -0.3 is 15.2 Å². The number of hydrogen-bond donors (Lipinski definition) is 1. The summed E-state index contributed by atoms with van der Waals surface area (Å²) in [7, 11) is 3.28. The summed E-state index contributed by atoms with van der Waals surface area (Å²) in [5.41, 5.74) is 8.33. The van der Waals surface area contributed by atoms with Crippen LogP contribution >= 0.6 is 0 Å². The third kappa shape index (κ3) is 3.45. The van der Waals surface area contributed by atoms with Crippen LogP contribution in [0, 0.1) is 0 Å². The Morgan fingerprint density at radius 2 is 1.74 bits per heavy atom. The lowest BCUT2D eigenvalue weighted by Gasteiger charge is -2.13. The summed E-state index contributed by atoms with van der Waals surface area (Å²) in [6, 6.07) is 9.73. The van der Waals surface area contributed by atoms with Crippen molar-refractivity contribution < 1.29 is 9.47 Å². The zero-order valence-electron chi connectivity index (χ0n) is 11.2. The molecule has 0 spiro atoms. The van der Waals surface area contributed by atoms with Crippen LogP contribution in [0.25, 0.3) is 0 Å². The number of rotatable bonds is 5. The van der Waals surface area contributed by atoms with Gasteiger partial charge in [0.15, 0.2) is 0 Å². The van der Waals surface area contributed by atoms with Gasteiger partial charge in [0.2, 0.25) is 0 Å². The summed E-state index contributed by atoms with van der Waals surface area (Å²) in [4.78, 5) is 4.12. The van der Waals surface area contributed by atoms with Crippen LogP contribution in [0.15, 0.2) is 42.7 Å². The predicted molar refractivity (Wildman–Crippen MR) is 74.4 cm³/mol. The molecule has 4 nitrogen and oxygen atoms in total. The predicted octanol–water partition coefficient (Wildman–Crippen LogP) is 2.34. The van der Waals surface area contributed by atoms with Crippen molar-refractivity contribution in [1.29, 1.82) is 0 Å². The maximum absolute atomic E-state index is 6.19. The number of nitrogens with two attached hydrogens (primary N) is 1. The van der Waals surface area contributed by atoms with Gasteiger partial charge in [-0.05, 0) is 35.7 Å². The van der Waals surface area contributed by atoms with Crippen molar-refractivity contribution in [2.24, 2.45) is 5.73 Å². The van der Waals surface area contributed by atoms with Gasteiger partial charge in [-0.15, -0.1) is 0 Å². The third-order valence-corrected chi connectivity index (χ3v) is 3.01. The second-order valence-corrected chi connectivity index (χ2v) is 4.32. The average Bonchev–Trinajstić information content (AvgIpc) is 2.48. The van der Waals surface area contributed by atoms with E-state index in [4.69, 9.17) is 15.2 Å². The highest BCUT2D eigenvalue weighted by molar-refractivity contribution is 5.30. The smallest absolute Gasteiger partial charge is 0.137 e. The van der Waals surface area contributed by atoms with Crippen LogP contribution in [0.5, 0.6) is 11.5 Å². The summed E-state index contributed by atoms with van der Waals surface area (Å²) in [5.74, 6) is 1.57. The molecule has 1 heterocycles. The molecule has 0 fully saturated rings. The highest BCUT2D eigenvalue weighted by Crippen LogP contribution is 2.20. The van der Waals surface area contributed by atoms with E-state index in [9.17, 15) is 0 Å². The number of methoxy groups -OCH3 is 2. The number of aromatic nitrogens is 1. The monoisotopic (exact) mass is 258 g/mol. The van der Waals surface area contributed by atoms with Crippen LogP contribution in [-0.2, 0) is 6.42 Å². The van der Waals surface area contributed by atoms with Crippen molar-refractivity contribution in [2.45, 2.75) is 12.5 Å². The molecular weight excluding hydrogens is 240 g/mol. The number of hydrogen-bond acceptors (Lipinski definition) is 4. The van der Waals surface area contributed by atoms with E-state index in [1.807, 2.05) is 30.3 Å². The molecule has 0 radical (unpaired) electrons. The van der Waals surface area contributed by atoms with Crippen molar-refractivity contribution in [3.8, 4) is 11.5 Å². The molecule has 1 aromatic heterocycles. The van der Waals surface area contributed by atoms with Gasteiger partial charge >= 0.3 is 0 Å². The molecule has 0 amide bonds. The maximum atomic E-state index is 6.19. The first-order valence-corrected chi connectivity index (χ1v) is 6.10. The molecule has 0 bridgehead atoms. The summed E-state index contributed by atoms with van der Waals surface area (Å²) in [6.07, 6.45) is 4.19. The van der Waals surface area contributed by atoms with Gasteiger partial charge in [-0.1, -0.05) is 12.1 Å². The van der Waals surface area contributed by atoms with E-state index in [0.29, 0.717) is 0 Å². The normalized spacial score (nSPS) is 11.9. The van der Waals surface area contributed by atoms with Crippen molar-refractivity contribution in [3.05, 3.63) is 53.9 Å². The van der Waals surface area contributed by atoms with Gasteiger partial charge in [-0.25, -0.2) is 0 Å². The Morgan fingerprint density at radius 1 is 1.05 bits per heavy atom.